The van der Waals surface area contributed by atoms with Crippen LogP contribution in [0.1, 0.15) is 124 Å². The molecule has 0 aromatic heterocycles. The van der Waals surface area contributed by atoms with Crippen LogP contribution in [0, 0.1) is 0 Å². The monoisotopic (exact) mass is 508 g/mol. The number of benzene rings is 1. The minimum atomic E-state index is -1.08. The average Bonchev–Trinajstić information content (AvgIpc) is 2.86. The highest BCUT2D eigenvalue weighted by Crippen LogP contribution is 2.14. The third-order valence-electron chi connectivity index (χ3n) is 5.38. The number of carboxylic acid groups (broad SMARTS) is 2. The molecule has 2 N–H and O–H groups in total. The molecule has 0 aliphatic heterocycles. The van der Waals surface area contributed by atoms with E-state index >= 15 is 0 Å². The smallest absolute Gasteiger partial charge is 0.339 e. The molecule has 0 bridgehead atoms. The van der Waals surface area contributed by atoms with Crippen LogP contribution in [0.5, 0.6) is 0 Å². The zero-order valence-corrected chi connectivity index (χ0v) is 22.0. The van der Waals surface area contributed by atoms with E-state index in [1.807, 2.05) is 0 Å². The van der Waals surface area contributed by atoms with Gasteiger partial charge >= 0.3 is 23.9 Å². The van der Waals surface area contributed by atoms with Crippen molar-refractivity contribution >= 4 is 23.9 Å². The van der Waals surface area contributed by atoms with Crippen LogP contribution < -0.4 is 0 Å². The van der Waals surface area contributed by atoms with Gasteiger partial charge in [0.2, 0.25) is 0 Å². The number of carbonyl (C=O) groups excluding carboxylic acids is 2. The van der Waals surface area contributed by atoms with Crippen molar-refractivity contribution in [2.75, 3.05) is 13.2 Å². The Morgan fingerprint density at radius 1 is 0.583 bits per heavy atom. The van der Waals surface area contributed by atoms with Gasteiger partial charge in [0, 0.05) is 0 Å². The molecular formula is C28H44O8. The Labute approximate surface area is 215 Å². The van der Waals surface area contributed by atoms with Crippen molar-refractivity contribution in [3.63, 3.8) is 0 Å². The predicted octanol–water partition coefficient (Wildman–Crippen LogP) is 6.66. The zero-order chi connectivity index (χ0) is 27.0. The molecule has 8 heteroatoms. The first-order chi connectivity index (χ1) is 17.3. The lowest BCUT2D eigenvalue weighted by molar-refractivity contribution is -0.143. The molecule has 0 spiro atoms. The highest BCUT2D eigenvalue weighted by Gasteiger charge is 2.18. The number of aliphatic carboxylic acids is 2. The summed E-state index contributed by atoms with van der Waals surface area (Å²) in [6.45, 7) is 5.17. The van der Waals surface area contributed by atoms with Gasteiger partial charge in [-0.2, -0.15) is 0 Å². The fourth-order valence-corrected chi connectivity index (χ4v) is 3.30. The maximum atomic E-state index is 12.4. The average molecular weight is 509 g/mol. The van der Waals surface area contributed by atoms with E-state index in [9.17, 15) is 19.2 Å². The summed E-state index contributed by atoms with van der Waals surface area (Å²) in [6.07, 6.45) is 13.0. The van der Waals surface area contributed by atoms with E-state index in [-0.39, 0.29) is 12.8 Å². The van der Waals surface area contributed by atoms with E-state index in [2.05, 4.69) is 13.8 Å². The summed E-state index contributed by atoms with van der Waals surface area (Å²) in [7, 11) is 0. The fourth-order valence-electron chi connectivity index (χ4n) is 3.30. The molecule has 0 saturated heterocycles. The summed E-state index contributed by atoms with van der Waals surface area (Å²) in [5.74, 6) is -3.04. The first-order valence-corrected chi connectivity index (χ1v) is 13.2. The Bertz CT molecular complexity index is 697. The molecule has 0 atom stereocenters. The third-order valence-corrected chi connectivity index (χ3v) is 5.38. The number of carboxylic acids is 2. The summed E-state index contributed by atoms with van der Waals surface area (Å²) < 4.78 is 10.7. The standard InChI is InChI=1S/C24H38O4.C4H6O4/c1-3-5-7-9-11-15-19-27-23(25)21-17-13-14-18-22(21)24(26)28-20-16-12-10-8-6-4-2;5-3(6)1-2-4(7)8/h13-14,17-18H,3-12,15-16,19-20H2,1-2H3;1-2H2,(H,5,6)(H,7,8). The molecule has 0 unspecified atom stereocenters. The number of hydrogen-bond acceptors (Lipinski definition) is 6. The van der Waals surface area contributed by atoms with Gasteiger partial charge in [-0.1, -0.05) is 90.2 Å². The molecule has 8 nitrogen and oxygen atoms in total. The molecule has 0 radical (unpaired) electrons. The van der Waals surface area contributed by atoms with Crippen molar-refractivity contribution in [2.24, 2.45) is 0 Å². The second kappa shape index (κ2) is 22.6. The fraction of sp³-hybridized carbons (Fsp3) is 0.643. The maximum absolute atomic E-state index is 12.4. The van der Waals surface area contributed by atoms with Crippen LogP contribution in [-0.4, -0.2) is 47.3 Å². The number of carbonyl (C=O) groups is 4. The van der Waals surface area contributed by atoms with Crippen LogP contribution in [-0.2, 0) is 19.1 Å². The van der Waals surface area contributed by atoms with E-state index < -0.39 is 23.9 Å². The Morgan fingerprint density at radius 3 is 1.25 bits per heavy atom. The molecule has 1 aromatic carbocycles. The van der Waals surface area contributed by atoms with E-state index in [1.54, 1.807) is 24.3 Å². The van der Waals surface area contributed by atoms with E-state index in [1.165, 1.54) is 51.4 Å². The third kappa shape index (κ3) is 18.4. The number of esters is 2. The Hall–Kier alpha value is -2.90. The lowest BCUT2D eigenvalue weighted by Crippen LogP contribution is -2.15. The van der Waals surface area contributed by atoms with Gasteiger partial charge in [0.15, 0.2) is 0 Å². The van der Waals surface area contributed by atoms with Crippen LogP contribution in [0.4, 0.5) is 0 Å². The molecule has 36 heavy (non-hydrogen) atoms. The summed E-state index contributed by atoms with van der Waals surface area (Å²) >= 11 is 0. The lowest BCUT2D eigenvalue weighted by atomic mass is 10.1. The first kappa shape index (κ1) is 33.1. The minimum Gasteiger partial charge on any atom is -0.481 e. The van der Waals surface area contributed by atoms with E-state index in [0.717, 1.165) is 25.7 Å². The van der Waals surface area contributed by atoms with Crippen LogP contribution in [0.25, 0.3) is 0 Å². The number of unbranched alkanes of at least 4 members (excludes halogenated alkanes) is 10. The molecule has 0 amide bonds. The second-order valence-corrected chi connectivity index (χ2v) is 8.64. The molecule has 0 fully saturated rings. The highest BCUT2D eigenvalue weighted by atomic mass is 16.5. The van der Waals surface area contributed by atoms with Gasteiger partial charge in [-0.25, -0.2) is 9.59 Å². The molecule has 0 heterocycles. The highest BCUT2D eigenvalue weighted by molar-refractivity contribution is 6.03. The summed E-state index contributed by atoms with van der Waals surface area (Å²) in [6, 6.07) is 6.74. The van der Waals surface area contributed by atoms with Crippen LogP contribution in [0.3, 0.4) is 0 Å². The number of hydrogen-bond donors (Lipinski definition) is 2. The summed E-state index contributed by atoms with van der Waals surface area (Å²) in [5.41, 5.74) is 0.586. The van der Waals surface area contributed by atoms with Crippen LogP contribution >= 0.6 is 0 Å². The lowest BCUT2D eigenvalue weighted by Gasteiger charge is -2.10. The Balaban J connectivity index is 0.00000131. The van der Waals surface area contributed by atoms with Crippen molar-refractivity contribution < 1.29 is 38.9 Å². The minimum absolute atomic E-state index is 0.293. The van der Waals surface area contributed by atoms with Gasteiger partial charge in [0.1, 0.15) is 0 Å². The van der Waals surface area contributed by atoms with Crippen molar-refractivity contribution in [3.8, 4) is 0 Å². The summed E-state index contributed by atoms with van der Waals surface area (Å²) in [4.78, 5) is 44.0. The molecule has 204 valence electrons. The molecule has 0 saturated carbocycles. The SMILES string of the molecule is CCCCCCCCOC(=O)c1ccccc1C(=O)OCCCCCCCC.O=C(O)CCC(=O)O. The van der Waals surface area contributed by atoms with Crippen LogP contribution in [0.2, 0.25) is 0 Å². The summed E-state index contributed by atoms with van der Waals surface area (Å²) in [5, 5.41) is 15.8. The van der Waals surface area contributed by atoms with Crippen LogP contribution in [0.15, 0.2) is 24.3 Å². The van der Waals surface area contributed by atoms with Gasteiger partial charge in [-0.3, -0.25) is 9.59 Å². The van der Waals surface area contributed by atoms with Gasteiger partial charge in [-0.05, 0) is 25.0 Å². The first-order valence-electron chi connectivity index (χ1n) is 13.2. The normalized spacial score (nSPS) is 10.2. The van der Waals surface area contributed by atoms with Crippen molar-refractivity contribution in [3.05, 3.63) is 35.4 Å². The zero-order valence-electron chi connectivity index (χ0n) is 22.0. The van der Waals surface area contributed by atoms with Gasteiger partial charge in [-0.15, -0.1) is 0 Å². The number of rotatable bonds is 19. The molecular weight excluding hydrogens is 464 g/mol. The van der Waals surface area contributed by atoms with E-state index in [0.29, 0.717) is 24.3 Å². The van der Waals surface area contributed by atoms with Crippen molar-refractivity contribution in [2.45, 2.75) is 104 Å². The maximum Gasteiger partial charge on any atom is 0.339 e. The quantitative estimate of drug-likeness (QED) is 0.157. The van der Waals surface area contributed by atoms with Crippen molar-refractivity contribution in [1.82, 2.24) is 0 Å². The van der Waals surface area contributed by atoms with Gasteiger partial charge in [0.25, 0.3) is 0 Å². The molecule has 0 aliphatic carbocycles. The van der Waals surface area contributed by atoms with Crippen molar-refractivity contribution in [1.29, 1.82) is 0 Å². The second-order valence-electron chi connectivity index (χ2n) is 8.64. The molecule has 1 aromatic rings. The largest absolute Gasteiger partial charge is 0.481 e. The van der Waals surface area contributed by atoms with Gasteiger partial charge < -0.3 is 19.7 Å². The number of ether oxygens (including phenoxy) is 2. The molecule has 1 rings (SSSR count). The predicted molar refractivity (Wildman–Crippen MR) is 138 cm³/mol. The van der Waals surface area contributed by atoms with E-state index in [4.69, 9.17) is 19.7 Å². The topological polar surface area (TPSA) is 127 Å². The van der Waals surface area contributed by atoms with Gasteiger partial charge in [0.05, 0.1) is 37.2 Å². The Morgan fingerprint density at radius 2 is 0.917 bits per heavy atom. The Kier molecular flexibility index (Phi) is 20.7. The molecule has 0 aliphatic rings.